The summed E-state index contributed by atoms with van der Waals surface area (Å²) in [6.07, 6.45) is 22.1. The predicted octanol–water partition coefficient (Wildman–Crippen LogP) is 29.9. The Balaban J connectivity index is 0.000000187. The van der Waals surface area contributed by atoms with Crippen LogP contribution < -0.4 is 0 Å². The molecule has 145 heavy (non-hydrogen) atoms. The van der Waals surface area contributed by atoms with Gasteiger partial charge < -0.3 is 40.1 Å². The van der Waals surface area contributed by atoms with E-state index >= 15 is 0 Å². The third-order valence-corrected chi connectivity index (χ3v) is 23.0. The Kier molecular flexibility index (Phi) is 48.5. The summed E-state index contributed by atoms with van der Waals surface area (Å²) in [6, 6.07) is 155. The van der Waals surface area contributed by atoms with Crippen LogP contribution in [0.1, 0.15) is 83.3 Å². The third kappa shape index (κ3) is 36.4. The number of aliphatic hydroxyl groups is 2. The third-order valence-electron chi connectivity index (χ3n) is 23.0. The molecule has 8 aliphatic carbocycles. The Morgan fingerprint density at radius 3 is 1.03 bits per heavy atom. The van der Waals surface area contributed by atoms with Gasteiger partial charge in [0.1, 0.15) is 0 Å². The normalized spacial score (nSPS) is 11.1. The van der Waals surface area contributed by atoms with Crippen LogP contribution in [-0.4, -0.2) is 56.7 Å². The van der Waals surface area contributed by atoms with Gasteiger partial charge in [0, 0.05) is 150 Å². The van der Waals surface area contributed by atoms with Crippen LogP contribution in [0.2, 0.25) is 0 Å². The number of pyridine rings is 7. The maximum atomic E-state index is 10.0. The van der Waals surface area contributed by atoms with Gasteiger partial charge >= 0.3 is 0 Å². The summed E-state index contributed by atoms with van der Waals surface area (Å²) >= 11 is 0. The van der Waals surface area contributed by atoms with Crippen molar-refractivity contribution in [3.8, 4) is 101 Å². The zero-order valence-corrected chi connectivity index (χ0v) is 93.2. The van der Waals surface area contributed by atoms with Gasteiger partial charge in [-0.25, -0.2) is 0 Å². The van der Waals surface area contributed by atoms with Gasteiger partial charge in [-0.15, -0.1) is 251 Å². The van der Waals surface area contributed by atoms with Crippen LogP contribution in [0.25, 0.3) is 123 Å². The molecule has 7 heterocycles. The minimum atomic E-state index is -0.125. The number of fused-ring (bicyclic) bond motifs is 2. The molecule has 5 radical (unpaired) electrons. The summed E-state index contributed by atoms with van der Waals surface area (Å²) in [5, 5.41) is 20.3. The molecule has 11 nitrogen and oxygen atoms in total. The molecule has 0 aliphatic heterocycles. The Labute approximate surface area is 921 Å². The topological polar surface area (TPSA) is 165 Å². The van der Waals surface area contributed by atoms with Crippen molar-refractivity contribution < 1.29 is 120 Å². The van der Waals surface area contributed by atoms with Crippen molar-refractivity contribution in [3.63, 3.8) is 0 Å². The summed E-state index contributed by atoms with van der Waals surface area (Å²) in [7, 11) is 0. The number of rotatable bonds is 11. The van der Waals surface area contributed by atoms with Crippen molar-refractivity contribution in [2.24, 2.45) is 0 Å². The molecular weight excluding hydrogens is 2670 g/mol. The number of hydrogen-bond donors (Lipinski definition) is 2. The quantitative estimate of drug-likeness (QED) is 0.0719. The molecule has 0 amide bonds. The van der Waals surface area contributed by atoms with Crippen molar-refractivity contribution in [2.45, 2.75) is 92.9 Å². The molecule has 2 N–H and O–H groups in total. The van der Waals surface area contributed by atoms with Crippen molar-refractivity contribution in [1.82, 2.24) is 34.9 Å². The Morgan fingerprint density at radius 1 is 0.269 bits per heavy atom. The number of aryl methyl sites for hydroxylation is 10. The minimum absolute atomic E-state index is 0. The molecule has 28 rings (SSSR count). The number of nitrogens with zero attached hydrogens (tertiary/aromatic N) is 7. The van der Waals surface area contributed by atoms with Gasteiger partial charge in [0.15, 0.2) is 11.6 Å². The van der Waals surface area contributed by atoms with E-state index in [1.54, 1.807) is 12.4 Å². The molecule has 13 aromatic carbocycles. The van der Waals surface area contributed by atoms with Crippen LogP contribution in [0, 0.1) is 56.3 Å². The number of carbonyl (C=O) groups excluding carboxylic acids is 2. The second-order valence-corrected chi connectivity index (χ2v) is 33.6. The SMILES string of the molecule is CC(=O)C=C(C)O.CC(=O)C=C(C)O.Cc1cnc(-c2[c-]cccc2)cc1C.[Ir].[Ir].[Ir].[Ir].[Ir].[c-]1ccccc1-c1cc(-c2cc3ccc2CCc2ccc(cc2)CC3)ccn1.[c-]1ccccc1-c1ccc(-c2cc3ccc2CCc2ccc(cc2)CC3)cn1.[c-]1ccccc1-c1ccc2ccccc2n1.[c-]1ccccc1-c1ccccn1.[c-]1ccccc1-c1ccccn1.[c-]1ccccc1-c1nccc2ccccc12. The maximum Gasteiger partial charge on any atom is 0.155 e. The fraction of sp³-hybridized carbons (Fsp3) is 0.109. The van der Waals surface area contributed by atoms with Gasteiger partial charge in [0.05, 0.1) is 17.0 Å². The summed E-state index contributed by atoms with van der Waals surface area (Å²) < 4.78 is 0. The first-order chi connectivity index (χ1) is 68.5. The largest absolute Gasteiger partial charge is 0.512 e. The molecule has 20 aromatic rings. The standard InChI is InChI=1S/2C27H22N.2C15H10N.C13H12N.2C11H8N.2C5H8O2.5Ir/c1-2-4-24(5-3-1)27-19-25(16-17-28-27)26-18-22-11-10-20-6-8-21(9-7-20)12-14-23(26)15-13-22;1-2-4-24(5-3-1)27-17-16-25(19-28-27)26-18-22-11-10-20-6-8-21(9-7-20)12-14-23(26)15-13-22;1-2-7-13(8-3-1)15-14-9-5-4-6-12(14)10-11-16-15;1-2-6-12(7-3-1)15-11-10-13-8-4-5-9-14(13)16-15;1-10-8-13(14-9-11(10)2)12-6-4-3-5-7-12;2*1-2-6-10(7-3-1)11-8-4-5-9-12-11;2*1-4(6)3-5(2)7;;;;;/h2*1-4,6-9,13,15-19H,10-12,14H2;1-7,9-11H;1-6,8-11H;3-6,8-9H,1-2H3;2*1-6,8-9H;2*3,6H,1-2H3;;;;;/q7*-1;;;;;;;. The van der Waals surface area contributed by atoms with E-state index in [1.807, 2.05) is 261 Å². The fourth-order valence-electron chi connectivity index (χ4n) is 15.7. The van der Waals surface area contributed by atoms with Gasteiger partial charge in [0.2, 0.25) is 0 Å². The fourth-order valence-corrected chi connectivity index (χ4v) is 15.7. The molecular formula is C129H108Ir5N7O4-7. The first-order valence-corrected chi connectivity index (χ1v) is 46.9. The minimum Gasteiger partial charge on any atom is -0.512 e. The van der Waals surface area contributed by atoms with E-state index in [2.05, 4.69) is 238 Å². The maximum absolute atomic E-state index is 10.0. The Bertz CT molecular complexity index is 7180. The van der Waals surface area contributed by atoms with Gasteiger partial charge in [-0.05, 0) is 252 Å². The van der Waals surface area contributed by atoms with Crippen LogP contribution in [0.5, 0.6) is 0 Å². The molecule has 0 fully saturated rings. The van der Waals surface area contributed by atoms with Crippen LogP contribution in [0.15, 0.2) is 449 Å². The van der Waals surface area contributed by atoms with E-state index in [0.717, 1.165) is 136 Å². The van der Waals surface area contributed by atoms with Crippen molar-refractivity contribution in [3.05, 3.63) is 547 Å². The van der Waals surface area contributed by atoms with Gasteiger partial charge in [-0.3, -0.25) is 14.6 Å². The van der Waals surface area contributed by atoms with Crippen LogP contribution >= 0.6 is 0 Å². The number of ketones is 2. The monoisotopic (exact) mass is 2780 g/mol. The number of allylic oxidation sites excluding steroid dienone is 4. The van der Waals surface area contributed by atoms with Gasteiger partial charge in [-0.1, -0.05) is 194 Å². The Morgan fingerprint density at radius 2 is 0.621 bits per heavy atom. The van der Waals surface area contributed by atoms with Gasteiger partial charge in [-0.2, -0.15) is 0 Å². The molecule has 0 saturated heterocycles. The van der Waals surface area contributed by atoms with Crippen molar-refractivity contribution in [1.29, 1.82) is 0 Å². The Hall–Kier alpha value is -13.9. The average Bonchev–Trinajstić information content (AvgIpc) is 0.840. The first kappa shape index (κ1) is 115. The van der Waals surface area contributed by atoms with E-state index in [9.17, 15) is 9.59 Å². The summed E-state index contributed by atoms with van der Waals surface area (Å²) in [4.78, 5) is 51.2. The van der Waals surface area contributed by atoms with Crippen molar-refractivity contribution >= 4 is 33.2 Å². The second-order valence-electron chi connectivity index (χ2n) is 33.6. The summed E-state index contributed by atoms with van der Waals surface area (Å²) in [6.45, 7) is 9.87. The van der Waals surface area contributed by atoms with Crippen molar-refractivity contribution in [2.75, 3.05) is 0 Å². The second kappa shape index (κ2) is 61.3. The molecule has 0 atom stereocenters. The number of hydrogen-bond acceptors (Lipinski definition) is 11. The zero-order chi connectivity index (χ0) is 97.3. The molecule has 0 unspecified atom stereocenters. The van der Waals surface area contributed by atoms with E-state index < -0.39 is 0 Å². The van der Waals surface area contributed by atoms with Crippen LogP contribution in [0.4, 0.5) is 0 Å². The predicted molar refractivity (Wildman–Crippen MR) is 572 cm³/mol. The molecule has 735 valence electrons. The van der Waals surface area contributed by atoms with E-state index in [1.165, 1.54) is 134 Å². The smallest absolute Gasteiger partial charge is 0.155 e. The van der Waals surface area contributed by atoms with E-state index in [4.69, 9.17) is 15.2 Å². The van der Waals surface area contributed by atoms with Crippen LogP contribution in [-0.2, 0) is 161 Å². The average molecular weight is 2780 g/mol. The molecule has 7 aromatic heterocycles. The molecule has 8 aliphatic rings. The number of carbonyl (C=O) groups is 2. The number of para-hydroxylation sites is 1. The zero-order valence-electron chi connectivity index (χ0n) is 81.2. The molecule has 0 spiro atoms. The molecule has 16 heteroatoms. The molecule has 8 bridgehead atoms. The first-order valence-electron chi connectivity index (χ1n) is 46.9. The summed E-state index contributed by atoms with van der Waals surface area (Å²) in [5.41, 5.74) is 34.0. The number of aliphatic hydroxyl groups excluding tert-OH is 2. The number of benzene rings is 13. The summed E-state index contributed by atoms with van der Waals surface area (Å²) in [5.74, 6) is -0.125. The van der Waals surface area contributed by atoms with Gasteiger partial charge in [0.25, 0.3) is 0 Å². The molecule has 0 saturated carbocycles. The number of aromatic nitrogens is 7. The van der Waals surface area contributed by atoms with E-state index in [0.29, 0.717) is 0 Å². The van der Waals surface area contributed by atoms with E-state index in [-0.39, 0.29) is 124 Å². The van der Waals surface area contributed by atoms with Crippen LogP contribution in [0.3, 0.4) is 0 Å².